The smallest absolute Gasteiger partial charge is 0.0448 e. The minimum Gasteiger partial charge on any atom is -0.0840 e. The van der Waals surface area contributed by atoms with E-state index in [0.29, 0.717) is 0 Å². The van der Waals surface area contributed by atoms with Crippen LogP contribution in [-0.4, -0.2) is 0 Å². The molecule has 0 bridgehead atoms. The van der Waals surface area contributed by atoms with Gasteiger partial charge in [0.2, 0.25) is 0 Å². The molecule has 3 aromatic rings. The summed E-state index contributed by atoms with van der Waals surface area (Å²) in [4.78, 5) is 0. The van der Waals surface area contributed by atoms with Crippen molar-refractivity contribution in [3.8, 4) is 0 Å². The van der Waals surface area contributed by atoms with Gasteiger partial charge in [-0.3, -0.25) is 0 Å². The Bertz CT molecular complexity index is 830. The Morgan fingerprint density at radius 2 is 1.21 bits per heavy atom. The van der Waals surface area contributed by atoms with Crippen molar-refractivity contribution < 1.29 is 0 Å². The number of halogens is 1. The second-order valence-electron chi connectivity index (χ2n) is 6.26. The fourth-order valence-electron chi connectivity index (χ4n) is 3.59. The van der Waals surface area contributed by atoms with E-state index in [9.17, 15) is 0 Å². The normalized spacial score (nSPS) is 14.6. The molecular formula is C23H19Cl. The monoisotopic (exact) mass is 330 g/mol. The van der Waals surface area contributed by atoms with Crippen molar-refractivity contribution in [3.05, 3.63) is 113 Å². The molecule has 0 atom stereocenters. The van der Waals surface area contributed by atoms with Gasteiger partial charge in [0, 0.05) is 11.0 Å². The molecule has 0 unspecified atom stereocenters. The molecule has 0 N–H and O–H groups in total. The third-order valence-corrected chi connectivity index (χ3v) is 5.15. The molecule has 3 aromatic carbocycles. The number of hydrogen-bond donors (Lipinski definition) is 0. The average molecular weight is 331 g/mol. The Hall–Kier alpha value is -2.31. The van der Waals surface area contributed by atoms with Crippen LogP contribution in [0.2, 0.25) is 0 Å². The first kappa shape index (κ1) is 15.2. The van der Waals surface area contributed by atoms with Gasteiger partial charge < -0.3 is 0 Å². The van der Waals surface area contributed by atoms with E-state index in [4.69, 9.17) is 11.6 Å². The van der Waals surface area contributed by atoms with Crippen molar-refractivity contribution in [3.63, 3.8) is 0 Å². The Morgan fingerprint density at radius 3 is 1.79 bits per heavy atom. The second-order valence-corrected chi connectivity index (χ2v) is 6.66. The molecule has 1 heteroatoms. The number of fused-ring (bicyclic) bond motifs is 2. The van der Waals surface area contributed by atoms with Crippen LogP contribution in [0.3, 0.4) is 0 Å². The lowest BCUT2D eigenvalue weighted by molar-refractivity contribution is 0.965. The molecule has 0 aliphatic heterocycles. The molecular weight excluding hydrogens is 312 g/mol. The maximum atomic E-state index is 6.69. The average Bonchev–Trinajstić information content (AvgIpc) is 2.80. The molecule has 1 aliphatic carbocycles. The number of benzene rings is 3. The minimum absolute atomic E-state index is 0.201. The van der Waals surface area contributed by atoms with Crippen LogP contribution in [0.1, 0.15) is 33.7 Å². The lowest BCUT2D eigenvalue weighted by atomic mass is 9.87. The third kappa shape index (κ3) is 2.90. The van der Waals surface area contributed by atoms with Crippen LogP contribution in [0.25, 0.3) is 5.03 Å². The lowest BCUT2D eigenvalue weighted by Gasteiger charge is -2.17. The Kier molecular flexibility index (Phi) is 4.23. The molecule has 0 fully saturated rings. The van der Waals surface area contributed by atoms with E-state index >= 15 is 0 Å². The standard InChI is InChI=1S/C23H19Cl/c24-23(19-10-2-1-3-11-19)16-22-20-12-6-4-8-17(20)14-15-18-9-5-7-13-21(18)22/h1-13,16,22H,14-15H2/b23-16+. The number of allylic oxidation sites excluding steroid dienone is 1. The van der Waals surface area contributed by atoms with Crippen molar-refractivity contribution in [2.75, 3.05) is 0 Å². The molecule has 0 aromatic heterocycles. The van der Waals surface area contributed by atoms with Gasteiger partial charge >= 0.3 is 0 Å². The van der Waals surface area contributed by atoms with E-state index < -0.39 is 0 Å². The summed E-state index contributed by atoms with van der Waals surface area (Å²) in [7, 11) is 0. The van der Waals surface area contributed by atoms with Crippen molar-refractivity contribution in [1.29, 1.82) is 0 Å². The predicted octanol–water partition coefficient (Wildman–Crippen LogP) is 6.20. The first-order valence-electron chi connectivity index (χ1n) is 8.41. The summed E-state index contributed by atoms with van der Waals surface area (Å²) < 4.78 is 0. The maximum Gasteiger partial charge on any atom is 0.0448 e. The van der Waals surface area contributed by atoms with Gasteiger partial charge in [-0.25, -0.2) is 0 Å². The molecule has 0 saturated carbocycles. The molecule has 0 radical (unpaired) electrons. The van der Waals surface area contributed by atoms with E-state index in [0.717, 1.165) is 23.4 Å². The molecule has 4 rings (SSSR count). The van der Waals surface area contributed by atoms with Gasteiger partial charge in [-0.15, -0.1) is 0 Å². The SMILES string of the molecule is Cl/C(=C/C1c2ccccc2CCc2ccccc21)c1ccccc1. The summed E-state index contributed by atoms with van der Waals surface area (Å²) in [5, 5.41) is 0.812. The third-order valence-electron chi connectivity index (χ3n) is 4.81. The van der Waals surface area contributed by atoms with Gasteiger partial charge in [-0.2, -0.15) is 0 Å². The molecule has 0 heterocycles. The van der Waals surface area contributed by atoms with Gasteiger partial charge in [0.15, 0.2) is 0 Å². The molecule has 24 heavy (non-hydrogen) atoms. The van der Waals surface area contributed by atoms with Crippen LogP contribution in [0.4, 0.5) is 0 Å². The highest BCUT2D eigenvalue weighted by molar-refractivity contribution is 6.48. The fourth-order valence-corrected chi connectivity index (χ4v) is 3.84. The van der Waals surface area contributed by atoms with Crippen LogP contribution in [-0.2, 0) is 12.8 Å². The van der Waals surface area contributed by atoms with Gasteiger partial charge in [0.1, 0.15) is 0 Å². The highest BCUT2D eigenvalue weighted by Crippen LogP contribution is 2.37. The van der Waals surface area contributed by atoms with Gasteiger partial charge in [0.05, 0.1) is 0 Å². The van der Waals surface area contributed by atoms with E-state index in [1.165, 1.54) is 22.3 Å². The molecule has 0 saturated heterocycles. The first-order valence-corrected chi connectivity index (χ1v) is 8.79. The second kappa shape index (κ2) is 6.67. The van der Waals surface area contributed by atoms with E-state index in [1.807, 2.05) is 18.2 Å². The maximum absolute atomic E-state index is 6.69. The quantitative estimate of drug-likeness (QED) is 0.525. The molecule has 0 amide bonds. The Balaban J connectivity index is 1.87. The van der Waals surface area contributed by atoms with Crippen LogP contribution in [0, 0.1) is 0 Å². The predicted molar refractivity (Wildman–Crippen MR) is 102 cm³/mol. The van der Waals surface area contributed by atoms with Crippen LogP contribution >= 0.6 is 11.6 Å². The number of rotatable bonds is 2. The fraction of sp³-hybridized carbons (Fsp3) is 0.130. The van der Waals surface area contributed by atoms with Crippen molar-refractivity contribution in [2.45, 2.75) is 18.8 Å². The van der Waals surface area contributed by atoms with E-state index in [-0.39, 0.29) is 5.92 Å². The lowest BCUT2D eigenvalue weighted by Crippen LogP contribution is -2.01. The molecule has 0 spiro atoms. The van der Waals surface area contributed by atoms with Gasteiger partial charge in [0.25, 0.3) is 0 Å². The Morgan fingerprint density at radius 1 is 0.708 bits per heavy atom. The Labute approximate surface area is 148 Å². The minimum atomic E-state index is 0.201. The summed E-state index contributed by atoms with van der Waals surface area (Å²) >= 11 is 6.69. The van der Waals surface area contributed by atoms with Gasteiger partial charge in [-0.05, 0) is 40.7 Å². The molecule has 118 valence electrons. The molecule has 1 aliphatic rings. The van der Waals surface area contributed by atoms with Crippen LogP contribution < -0.4 is 0 Å². The summed E-state index contributed by atoms with van der Waals surface area (Å²) in [6.07, 6.45) is 4.38. The zero-order chi connectivity index (χ0) is 16.4. The van der Waals surface area contributed by atoms with E-state index in [1.54, 1.807) is 0 Å². The highest BCUT2D eigenvalue weighted by Gasteiger charge is 2.22. The van der Waals surface area contributed by atoms with Gasteiger partial charge in [-0.1, -0.05) is 96.5 Å². The van der Waals surface area contributed by atoms with Crippen LogP contribution in [0.15, 0.2) is 84.9 Å². The number of aryl methyl sites for hydroxylation is 2. The summed E-state index contributed by atoms with van der Waals surface area (Å²) in [5.41, 5.74) is 6.66. The van der Waals surface area contributed by atoms with E-state index in [2.05, 4.69) is 66.7 Å². The zero-order valence-corrected chi connectivity index (χ0v) is 14.2. The molecule has 0 nitrogen and oxygen atoms in total. The first-order chi connectivity index (χ1) is 11.8. The summed E-state index contributed by atoms with van der Waals surface area (Å²) in [6, 6.07) is 27.7. The van der Waals surface area contributed by atoms with Crippen molar-refractivity contribution in [2.24, 2.45) is 0 Å². The topological polar surface area (TPSA) is 0 Å². The van der Waals surface area contributed by atoms with Crippen LogP contribution in [0.5, 0.6) is 0 Å². The number of hydrogen-bond acceptors (Lipinski definition) is 0. The summed E-state index contributed by atoms with van der Waals surface area (Å²) in [5.74, 6) is 0.201. The zero-order valence-electron chi connectivity index (χ0n) is 13.5. The summed E-state index contributed by atoms with van der Waals surface area (Å²) in [6.45, 7) is 0. The largest absolute Gasteiger partial charge is 0.0840 e. The van der Waals surface area contributed by atoms with Crippen molar-refractivity contribution >= 4 is 16.6 Å². The highest BCUT2D eigenvalue weighted by atomic mass is 35.5. The van der Waals surface area contributed by atoms with Crippen molar-refractivity contribution in [1.82, 2.24) is 0 Å².